The molecule has 6 heteroatoms. The number of nitrogens with zero attached hydrogens (tertiary/aromatic N) is 2. The fraction of sp³-hybridized carbons (Fsp3) is 0.500. The van der Waals surface area contributed by atoms with Crippen LogP contribution < -0.4 is 15.5 Å². The van der Waals surface area contributed by atoms with Crippen molar-refractivity contribution >= 4 is 29.0 Å². The Labute approximate surface area is 203 Å². The quantitative estimate of drug-likeness (QED) is 0.547. The zero-order valence-electron chi connectivity index (χ0n) is 20.8. The van der Waals surface area contributed by atoms with Crippen LogP contribution >= 0.6 is 0 Å². The van der Waals surface area contributed by atoms with Crippen molar-refractivity contribution in [3.63, 3.8) is 0 Å². The van der Waals surface area contributed by atoms with Crippen molar-refractivity contribution in [2.24, 2.45) is 5.92 Å². The first-order valence-corrected chi connectivity index (χ1v) is 12.8. The van der Waals surface area contributed by atoms with Crippen LogP contribution in [-0.4, -0.2) is 43.0 Å². The van der Waals surface area contributed by atoms with Gasteiger partial charge in [0.05, 0.1) is 5.56 Å². The monoisotopic (exact) mass is 462 g/mol. The normalized spacial score (nSPS) is 17.1. The van der Waals surface area contributed by atoms with Crippen molar-refractivity contribution in [2.45, 2.75) is 58.8 Å². The zero-order chi connectivity index (χ0) is 24.1. The Bertz CT molecular complexity index is 988. The lowest BCUT2D eigenvalue weighted by Gasteiger charge is -2.34. The number of benzene rings is 2. The van der Waals surface area contributed by atoms with Gasteiger partial charge in [-0.25, -0.2) is 4.79 Å². The van der Waals surface area contributed by atoms with E-state index in [1.54, 1.807) is 0 Å². The lowest BCUT2D eigenvalue weighted by molar-refractivity contribution is 0.0697. The first-order valence-electron chi connectivity index (χ1n) is 12.8. The molecular formula is C28H38N4O2. The molecule has 182 valence electrons. The van der Waals surface area contributed by atoms with E-state index in [0.717, 1.165) is 63.2 Å². The fourth-order valence-electron chi connectivity index (χ4n) is 4.82. The maximum Gasteiger partial charge on any atom is 0.323 e. The van der Waals surface area contributed by atoms with Crippen LogP contribution in [0.25, 0.3) is 0 Å². The molecule has 34 heavy (non-hydrogen) atoms. The van der Waals surface area contributed by atoms with Crippen LogP contribution in [0.15, 0.2) is 42.5 Å². The molecule has 2 fully saturated rings. The molecule has 6 nitrogen and oxygen atoms in total. The third-order valence-corrected chi connectivity index (χ3v) is 7.09. The predicted molar refractivity (Wildman–Crippen MR) is 140 cm³/mol. The van der Waals surface area contributed by atoms with Crippen LogP contribution in [0, 0.1) is 5.92 Å². The zero-order valence-corrected chi connectivity index (χ0v) is 20.8. The molecule has 2 heterocycles. The van der Waals surface area contributed by atoms with Crippen molar-refractivity contribution in [1.29, 1.82) is 0 Å². The average molecular weight is 463 g/mol. The second kappa shape index (κ2) is 10.9. The van der Waals surface area contributed by atoms with Crippen LogP contribution in [0.2, 0.25) is 0 Å². The number of nitrogens with one attached hydrogen (secondary N) is 2. The van der Waals surface area contributed by atoms with Gasteiger partial charge in [0.15, 0.2) is 0 Å². The van der Waals surface area contributed by atoms with E-state index in [1.165, 1.54) is 12.0 Å². The number of carbonyl (C=O) groups is 2. The smallest absolute Gasteiger partial charge is 0.323 e. The highest BCUT2D eigenvalue weighted by Gasteiger charge is 2.26. The van der Waals surface area contributed by atoms with Crippen molar-refractivity contribution in [1.82, 2.24) is 4.90 Å². The van der Waals surface area contributed by atoms with E-state index in [9.17, 15) is 9.59 Å². The van der Waals surface area contributed by atoms with Crippen molar-refractivity contribution in [3.05, 3.63) is 53.6 Å². The highest BCUT2D eigenvalue weighted by Crippen LogP contribution is 2.30. The molecule has 0 radical (unpaired) electrons. The number of hydrogen-bond acceptors (Lipinski definition) is 3. The van der Waals surface area contributed by atoms with Gasteiger partial charge in [-0.2, -0.15) is 0 Å². The van der Waals surface area contributed by atoms with Crippen molar-refractivity contribution < 1.29 is 9.59 Å². The number of hydrogen-bond donors (Lipinski definition) is 2. The Morgan fingerprint density at radius 3 is 2.12 bits per heavy atom. The number of anilines is 3. The molecule has 2 aliphatic heterocycles. The molecule has 0 unspecified atom stereocenters. The van der Waals surface area contributed by atoms with Crippen molar-refractivity contribution in [2.75, 3.05) is 41.7 Å². The van der Waals surface area contributed by atoms with Gasteiger partial charge in [-0.1, -0.05) is 32.9 Å². The fourth-order valence-corrected chi connectivity index (χ4v) is 4.82. The summed E-state index contributed by atoms with van der Waals surface area (Å²) in [4.78, 5) is 30.5. The summed E-state index contributed by atoms with van der Waals surface area (Å²) in [6.07, 6.45) is 5.61. The van der Waals surface area contributed by atoms with E-state index >= 15 is 0 Å². The summed E-state index contributed by atoms with van der Waals surface area (Å²) in [6, 6.07) is 13.3. The molecule has 0 aromatic heterocycles. The number of amides is 3. The lowest BCUT2D eigenvalue weighted by atomic mass is 9.98. The first kappa shape index (κ1) is 24.1. The van der Waals surface area contributed by atoms with Crippen LogP contribution in [0.1, 0.15) is 74.7 Å². The number of carbonyl (C=O) groups excluding carboxylic acids is 2. The molecule has 2 saturated heterocycles. The Morgan fingerprint density at radius 1 is 0.853 bits per heavy atom. The second-order valence-electron chi connectivity index (χ2n) is 10.1. The highest BCUT2D eigenvalue weighted by atomic mass is 16.2. The third kappa shape index (κ3) is 5.91. The van der Waals surface area contributed by atoms with Crippen LogP contribution in [-0.2, 0) is 0 Å². The van der Waals surface area contributed by atoms with E-state index in [2.05, 4.69) is 36.3 Å². The maximum atomic E-state index is 13.6. The summed E-state index contributed by atoms with van der Waals surface area (Å²) in [6.45, 7) is 10.1. The lowest BCUT2D eigenvalue weighted by Crippen LogP contribution is -2.39. The number of rotatable bonds is 5. The van der Waals surface area contributed by atoms with Crippen LogP contribution in [0.4, 0.5) is 21.9 Å². The first-order chi connectivity index (χ1) is 16.4. The Balaban J connectivity index is 1.51. The largest absolute Gasteiger partial charge is 0.371 e. The molecule has 4 rings (SSSR count). The topological polar surface area (TPSA) is 64.7 Å². The summed E-state index contributed by atoms with van der Waals surface area (Å²) >= 11 is 0. The van der Waals surface area contributed by atoms with E-state index in [4.69, 9.17) is 0 Å². The second-order valence-corrected chi connectivity index (χ2v) is 10.1. The molecule has 0 saturated carbocycles. The molecule has 2 aromatic rings. The molecule has 2 aromatic carbocycles. The minimum atomic E-state index is -0.312. The number of piperidine rings is 2. The molecule has 0 bridgehead atoms. The molecule has 3 amide bonds. The number of urea groups is 1. The standard InChI is InChI=1S/C28H38N4O2/c1-20(2)22-7-9-23(10-8-22)29-28(34)30-24-11-12-26(31-15-5-4-6-16-31)25(19-24)27(33)32-17-13-21(3)14-18-32/h7-12,19-21H,4-6,13-18H2,1-3H3,(H2,29,30,34). The van der Waals surface area contributed by atoms with Crippen LogP contribution in [0.5, 0.6) is 0 Å². The van der Waals surface area contributed by atoms with Gasteiger partial charge in [0.2, 0.25) is 0 Å². The Morgan fingerprint density at radius 2 is 1.47 bits per heavy atom. The minimum absolute atomic E-state index is 0.0702. The third-order valence-electron chi connectivity index (χ3n) is 7.09. The van der Waals surface area contributed by atoms with Gasteiger partial charge < -0.3 is 20.4 Å². The van der Waals surface area contributed by atoms with E-state index in [0.29, 0.717) is 23.1 Å². The molecule has 2 N–H and O–H groups in total. The molecule has 0 spiro atoms. The molecule has 0 aliphatic carbocycles. The van der Waals surface area contributed by atoms with Gasteiger partial charge in [0.1, 0.15) is 0 Å². The highest BCUT2D eigenvalue weighted by molar-refractivity contribution is 6.04. The SMILES string of the molecule is CC1CCN(C(=O)c2cc(NC(=O)Nc3ccc(C(C)C)cc3)ccc2N2CCCCC2)CC1. The molecular weight excluding hydrogens is 424 g/mol. The Kier molecular flexibility index (Phi) is 7.76. The predicted octanol–water partition coefficient (Wildman–Crippen LogP) is 6.32. The van der Waals surface area contributed by atoms with Gasteiger partial charge in [-0.05, 0) is 79.8 Å². The average Bonchev–Trinajstić information content (AvgIpc) is 2.85. The summed E-state index contributed by atoms with van der Waals surface area (Å²) in [7, 11) is 0. The maximum absolute atomic E-state index is 13.6. The van der Waals surface area contributed by atoms with E-state index in [1.807, 2.05) is 47.4 Å². The van der Waals surface area contributed by atoms with E-state index < -0.39 is 0 Å². The molecule has 2 aliphatic rings. The van der Waals surface area contributed by atoms with Gasteiger partial charge in [-0.15, -0.1) is 0 Å². The summed E-state index contributed by atoms with van der Waals surface area (Å²) in [5, 5.41) is 5.82. The summed E-state index contributed by atoms with van der Waals surface area (Å²) in [5.74, 6) is 1.18. The van der Waals surface area contributed by atoms with Gasteiger partial charge >= 0.3 is 6.03 Å². The molecule has 0 atom stereocenters. The van der Waals surface area contributed by atoms with Crippen LogP contribution in [0.3, 0.4) is 0 Å². The van der Waals surface area contributed by atoms with Crippen molar-refractivity contribution in [3.8, 4) is 0 Å². The van der Waals surface area contributed by atoms with E-state index in [-0.39, 0.29) is 11.9 Å². The Hall–Kier alpha value is -3.02. The summed E-state index contributed by atoms with van der Waals surface area (Å²) < 4.78 is 0. The number of likely N-dealkylation sites (tertiary alicyclic amines) is 1. The minimum Gasteiger partial charge on any atom is -0.371 e. The summed E-state index contributed by atoms with van der Waals surface area (Å²) in [5.41, 5.74) is 4.28. The van der Waals surface area contributed by atoms with Gasteiger partial charge in [0.25, 0.3) is 5.91 Å². The van der Waals surface area contributed by atoms with Gasteiger partial charge in [-0.3, -0.25) is 4.79 Å². The van der Waals surface area contributed by atoms with Gasteiger partial charge in [0, 0.05) is 43.2 Å².